The molecule has 3 N–H and O–H groups in total. The van der Waals surface area contributed by atoms with Crippen LogP contribution >= 0.6 is 23.8 Å². The first-order chi connectivity index (χ1) is 12.1. The van der Waals surface area contributed by atoms with Crippen molar-refractivity contribution in [1.82, 2.24) is 10.4 Å². The number of fused-ring (bicyclic) bond motifs is 2. The highest BCUT2D eigenvalue weighted by Gasteiger charge is 2.37. The molecule has 2 aromatic carbocycles. The van der Waals surface area contributed by atoms with E-state index in [0.717, 1.165) is 29.9 Å². The molecule has 6 heteroatoms. The number of halogens is 1. The van der Waals surface area contributed by atoms with Gasteiger partial charge in [0.2, 0.25) is 0 Å². The SMILES string of the molecule is COc1ccc2c(c1)CCC1=C2NN(C(N)=S)C1c1ccc(Cl)cc1. The summed E-state index contributed by atoms with van der Waals surface area (Å²) >= 11 is 11.3. The highest BCUT2D eigenvalue weighted by atomic mass is 35.5. The number of nitrogens with zero attached hydrogens (tertiary/aromatic N) is 1. The van der Waals surface area contributed by atoms with Crippen molar-refractivity contribution in [2.75, 3.05) is 7.11 Å². The van der Waals surface area contributed by atoms with Crippen LogP contribution in [-0.4, -0.2) is 17.2 Å². The molecule has 1 heterocycles. The Morgan fingerprint density at radius 1 is 1.24 bits per heavy atom. The van der Waals surface area contributed by atoms with Gasteiger partial charge in [-0.1, -0.05) is 23.7 Å². The van der Waals surface area contributed by atoms with Crippen molar-refractivity contribution >= 4 is 34.6 Å². The lowest BCUT2D eigenvalue weighted by molar-refractivity contribution is 0.335. The highest BCUT2D eigenvalue weighted by Crippen LogP contribution is 2.44. The largest absolute Gasteiger partial charge is 0.497 e. The summed E-state index contributed by atoms with van der Waals surface area (Å²) in [6.07, 6.45) is 1.90. The standard InChI is InChI=1S/C19H18ClN3OS/c1-24-14-7-9-15-12(10-14)4-8-16-17(15)22-23(19(21)25)18(16)11-2-5-13(20)6-3-11/h2-3,5-7,9-10,18,22H,4,8H2,1H3,(H2,21,25). The van der Waals surface area contributed by atoms with Gasteiger partial charge in [0.05, 0.1) is 12.8 Å². The van der Waals surface area contributed by atoms with E-state index in [1.54, 1.807) is 7.11 Å². The van der Waals surface area contributed by atoms with Crippen molar-refractivity contribution in [3.8, 4) is 5.75 Å². The van der Waals surface area contributed by atoms with Gasteiger partial charge in [-0.25, -0.2) is 0 Å². The Bertz CT molecular complexity index is 879. The first kappa shape index (κ1) is 16.2. The fourth-order valence-corrected chi connectivity index (χ4v) is 3.92. The molecular formula is C19H18ClN3OS. The smallest absolute Gasteiger partial charge is 0.186 e. The first-order valence-electron chi connectivity index (χ1n) is 8.09. The number of methoxy groups -OCH3 is 1. The van der Waals surface area contributed by atoms with Crippen molar-refractivity contribution < 1.29 is 4.74 Å². The maximum Gasteiger partial charge on any atom is 0.186 e. The third kappa shape index (κ3) is 2.73. The molecule has 2 aromatic rings. The zero-order valence-corrected chi connectivity index (χ0v) is 15.3. The number of nitrogens with one attached hydrogen (secondary N) is 1. The molecule has 1 aliphatic carbocycles. The van der Waals surface area contributed by atoms with Gasteiger partial charge in [0.1, 0.15) is 11.8 Å². The maximum atomic E-state index is 6.05. The van der Waals surface area contributed by atoms with Crippen LogP contribution < -0.4 is 15.9 Å². The van der Waals surface area contributed by atoms with Gasteiger partial charge in [0, 0.05) is 10.6 Å². The molecule has 0 saturated carbocycles. The molecule has 1 aliphatic heterocycles. The molecule has 0 radical (unpaired) electrons. The summed E-state index contributed by atoms with van der Waals surface area (Å²) < 4.78 is 5.35. The van der Waals surface area contributed by atoms with E-state index in [2.05, 4.69) is 17.6 Å². The summed E-state index contributed by atoms with van der Waals surface area (Å²) in [5.41, 5.74) is 15.4. The number of nitrogens with two attached hydrogens (primary N) is 1. The zero-order valence-electron chi connectivity index (χ0n) is 13.8. The molecule has 0 fully saturated rings. The number of rotatable bonds is 2. The van der Waals surface area contributed by atoms with Crippen molar-refractivity contribution in [1.29, 1.82) is 0 Å². The summed E-state index contributed by atoms with van der Waals surface area (Å²) in [6.45, 7) is 0. The van der Waals surface area contributed by atoms with Gasteiger partial charge in [-0.05, 0) is 72.1 Å². The van der Waals surface area contributed by atoms with Gasteiger partial charge in [-0.15, -0.1) is 0 Å². The minimum atomic E-state index is -0.0139. The minimum absolute atomic E-state index is 0.0139. The lowest BCUT2D eigenvalue weighted by atomic mass is 9.85. The van der Waals surface area contributed by atoms with E-state index in [0.29, 0.717) is 10.1 Å². The Morgan fingerprint density at radius 3 is 2.68 bits per heavy atom. The Balaban J connectivity index is 1.81. The van der Waals surface area contributed by atoms with Gasteiger partial charge < -0.3 is 10.5 Å². The number of hydrogen-bond acceptors (Lipinski definition) is 3. The van der Waals surface area contributed by atoms with Crippen LogP contribution in [0.2, 0.25) is 5.02 Å². The maximum absolute atomic E-state index is 6.05. The summed E-state index contributed by atoms with van der Waals surface area (Å²) in [5, 5.41) is 2.90. The number of aryl methyl sites for hydroxylation is 1. The monoisotopic (exact) mass is 371 g/mol. The molecule has 0 saturated heterocycles. The molecule has 1 unspecified atom stereocenters. The lowest BCUT2D eigenvalue weighted by Gasteiger charge is -2.27. The molecule has 0 amide bonds. The third-order valence-corrected chi connectivity index (χ3v) is 5.26. The fraction of sp³-hybridized carbons (Fsp3) is 0.211. The van der Waals surface area contributed by atoms with Crippen LogP contribution in [-0.2, 0) is 6.42 Å². The van der Waals surface area contributed by atoms with Crippen LogP contribution in [0.3, 0.4) is 0 Å². The van der Waals surface area contributed by atoms with E-state index in [4.69, 9.17) is 34.3 Å². The van der Waals surface area contributed by atoms with E-state index in [1.807, 2.05) is 35.3 Å². The van der Waals surface area contributed by atoms with Gasteiger partial charge in [0.25, 0.3) is 0 Å². The lowest BCUT2D eigenvalue weighted by Crippen LogP contribution is -2.43. The fourth-order valence-electron chi connectivity index (χ4n) is 3.64. The number of benzene rings is 2. The summed E-state index contributed by atoms with van der Waals surface area (Å²) in [5.74, 6) is 0.876. The van der Waals surface area contributed by atoms with Gasteiger partial charge in [-0.2, -0.15) is 0 Å². The van der Waals surface area contributed by atoms with E-state index in [1.165, 1.54) is 16.7 Å². The van der Waals surface area contributed by atoms with Gasteiger partial charge in [0.15, 0.2) is 5.11 Å². The minimum Gasteiger partial charge on any atom is -0.497 e. The van der Waals surface area contributed by atoms with Crippen molar-refractivity contribution in [2.24, 2.45) is 5.73 Å². The van der Waals surface area contributed by atoms with Gasteiger partial charge in [-0.3, -0.25) is 10.4 Å². The quantitative estimate of drug-likeness (QED) is 0.786. The number of ether oxygens (including phenoxy) is 1. The van der Waals surface area contributed by atoms with Crippen LogP contribution in [0.1, 0.15) is 29.2 Å². The Hall–Kier alpha value is -2.24. The van der Waals surface area contributed by atoms with Crippen LogP contribution in [0.4, 0.5) is 0 Å². The molecule has 0 spiro atoms. The van der Waals surface area contributed by atoms with E-state index >= 15 is 0 Å². The second-order valence-electron chi connectivity index (χ2n) is 6.20. The summed E-state index contributed by atoms with van der Waals surface area (Å²) in [7, 11) is 1.69. The average molecular weight is 372 g/mol. The van der Waals surface area contributed by atoms with Crippen molar-refractivity contribution in [2.45, 2.75) is 18.9 Å². The van der Waals surface area contributed by atoms with E-state index in [-0.39, 0.29) is 6.04 Å². The molecule has 4 rings (SSSR count). The van der Waals surface area contributed by atoms with E-state index in [9.17, 15) is 0 Å². The van der Waals surface area contributed by atoms with Crippen molar-refractivity contribution in [3.05, 3.63) is 69.8 Å². The molecule has 0 bridgehead atoms. The van der Waals surface area contributed by atoms with Crippen LogP contribution in [0.25, 0.3) is 5.70 Å². The van der Waals surface area contributed by atoms with Crippen LogP contribution in [0, 0.1) is 0 Å². The Kier molecular flexibility index (Phi) is 4.06. The second kappa shape index (κ2) is 6.24. The zero-order chi connectivity index (χ0) is 17.6. The molecular weight excluding hydrogens is 354 g/mol. The van der Waals surface area contributed by atoms with Crippen LogP contribution in [0.15, 0.2) is 48.0 Å². The average Bonchev–Trinajstić information content (AvgIpc) is 3.02. The highest BCUT2D eigenvalue weighted by molar-refractivity contribution is 7.80. The predicted molar refractivity (Wildman–Crippen MR) is 104 cm³/mol. The third-order valence-electron chi connectivity index (χ3n) is 4.81. The summed E-state index contributed by atoms with van der Waals surface area (Å²) in [6, 6.07) is 14.0. The number of hydrazine groups is 1. The molecule has 25 heavy (non-hydrogen) atoms. The normalized spacial score (nSPS) is 18.5. The second-order valence-corrected chi connectivity index (χ2v) is 7.05. The molecule has 0 aromatic heterocycles. The predicted octanol–water partition coefficient (Wildman–Crippen LogP) is 3.81. The topological polar surface area (TPSA) is 50.5 Å². The van der Waals surface area contributed by atoms with Crippen LogP contribution in [0.5, 0.6) is 5.75 Å². The Labute approximate surface area is 157 Å². The number of hydrogen-bond donors (Lipinski definition) is 2. The molecule has 4 nitrogen and oxygen atoms in total. The molecule has 128 valence electrons. The first-order valence-corrected chi connectivity index (χ1v) is 8.88. The molecule has 1 atom stereocenters. The summed E-state index contributed by atoms with van der Waals surface area (Å²) in [4.78, 5) is 0. The molecule has 2 aliphatic rings. The Morgan fingerprint density at radius 2 is 2.00 bits per heavy atom. The van der Waals surface area contributed by atoms with Gasteiger partial charge >= 0.3 is 0 Å². The van der Waals surface area contributed by atoms with Crippen molar-refractivity contribution in [3.63, 3.8) is 0 Å². The number of thiocarbonyl (C=S) groups is 1. The van der Waals surface area contributed by atoms with E-state index < -0.39 is 0 Å².